The standard InChI is InChI=1S/C15H21NO2/c17-15-10-5-2-6-11-16(15)12-7-13-18-14-8-3-1-4-9-14/h1,3-4,8-9H,2,5-7,10-13H2. The van der Waals surface area contributed by atoms with Gasteiger partial charge in [-0.25, -0.2) is 0 Å². The van der Waals surface area contributed by atoms with Gasteiger partial charge in [0.2, 0.25) is 5.91 Å². The fourth-order valence-electron chi connectivity index (χ4n) is 2.24. The molecule has 98 valence electrons. The van der Waals surface area contributed by atoms with Crippen LogP contribution in [0.15, 0.2) is 30.3 Å². The van der Waals surface area contributed by atoms with E-state index in [2.05, 4.69) is 0 Å². The van der Waals surface area contributed by atoms with Gasteiger partial charge in [-0.15, -0.1) is 0 Å². The van der Waals surface area contributed by atoms with Crippen LogP contribution >= 0.6 is 0 Å². The van der Waals surface area contributed by atoms with Crippen molar-refractivity contribution in [2.75, 3.05) is 19.7 Å². The molecule has 0 N–H and O–H groups in total. The Morgan fingerprint density at radius 2 is 1.94 bits per heavy atom. The summed E-state index contributed by atoms with van der Waals surface area (Å²) < 4.78 is 5.63. The van der Waals surface area contributed by atoms with Gasteiger partial charge in [0.1, 0.15) is 5.75 Å². The van der Waals surface area contributed by atoms with Gasteiger partial charge in [0.25, 0.3) is 0 Å². The second-order valence-electron chi connectivity index (χ2n) is 4.71. The molecule has 1 aromatic carbocycles. The number of amides is 1. The van der Waals surface area contributed by atoms with E-state index in [4.69, 9.17) is 4.74 Å². The number of benzene rings is 1. The lowest BCUT2D eigenvalue weighted by Gasteiger charge is -2.20. The molecule has 0 unspecified atom stereocenters. The van der Waals surface area contributed by atoms with Crippen LogP contribution < -0.4 is 4.74 Å². The molecule has 0 bridgehead atoms. The Balaban J connectivity index is 1.67. The summed E-state index contributed by atoms with van der Waals surface area (Å²) in [5, 5.41) is 0. The maximum absolute atomic E-state index is 11.8. The Labute approximate surface area is 109 Å². The second kappa shape index (κ2) is 7.04. The normalized spacial score (nSPS) is 16.4. The molecular formula is C15H21NO2. The Bertz CT molecular complexity index is 364. The number of para-hydroxylation sites is 1. The molecule has 0 spiro atoms. The van der Waals surface area contributed by atoms with Crippen LogP contribution in [0.25, 0.3) is 0 Å². The van der Waals surface area contributed by atoms with Crippen molar-refractivity contribution in [3.8, 4) is 5.75 Å². The maximum atomic E-state index is 11.8. The summed E-state index contributed by atoms with van der Waals surface area (Å²) in [6, 6.07) is 9.82. The molecule has 1 aliphatic rings. The summed E-state index contributed by atoms with van der Waals surface area (Å²) in [4.78, 5) is 13.8. The van der Waals surface area contributed by atoms with Gasteiger partial charge in [-0.05, 0) is 31.4 Å². The predicted molar refractivity (Wildman–Crippen MR) is 71.6 cm³/mol. The first-order chi connectivity index (χ1) is 8.86. The van der Waals surface area contributed by atoms with Gasteiger partial charge in [0.15, 0.2) is 0 Å². The Hall–Kier alpha value is -1.51. The first-order valence-corrected chi connectivity index (χ1v) is 6.82. The molecular weight excluding hydrogens is 226 g/mol. The number of likely N-dealkylation sites (tertiary alicyclic amines) is 1. The molecule has 1 saturated heterocycles. The van der Waals surface area contributed by atoms with E-state index in [1.165, 1.54) is 6.42 Å². The van der Waals surface area contributed by atoms with Gasteiger partial charge in [0.05, 0.1) is 6.61 Å². The number of hydrogen-bond acceptors (Lipinski definition) is 2. The maximum Gasteiger partial charge on any atom is 0.222 e. The summed E-state index contributed by atoms with van der Waals surface area (Å²) in [5.74, 6) is 1.21. The fraction of sp³-hybridized carbons (Fsp3) is 0.533. The molecule has 1 heterocycles. The van der Waals surface area contributed by atoms with E-state index in [1.54, 1.807) is 0 Å². The van der Waals surface area contributed by atoms with Crippen LogP contribution in [0, 0.1) is 0 Å². The molecule has 1 amide bonds. The summed E-state index contributed by atoms with van der Waals surface area (Å²) in [6.45, 7) is 2.42. The van der Waals surface area contributed by atoms with Crippen LogP contribution in [0.5, 0.6) is 5.75 Å². The van der Waals surface area contributed by atoms with Gasteiger partial charge in [-0.3, -0.25) is 4.79 Å². The van der Waals surface area contributed by atoms with E-state index < -0.39 is 0 Å². The van der Waals surface area contributed by atoms with Crippen molar-refractivity contribution in [2.24, 2.45) is 0 Å². The van der Waals surface area contributed by atoms with E-state index in [1.807, 2.05) is 35.2 Å². The molecule has 0 radical (unpaired) electrons. The monoisotopic (exact) mass is 247 g/mol. The highest BCUT2D eigenvalue weighted by Crippen LogP contribution is 2.12. The average molecular weight is 247 g/mol. The average Bonchev–Trinajstić information content (AvgIpc) is 2.61. The number of ether oxygens (including phenoxy) is 1. The highest BCUT2D eigenvalue weighted by Gasteiger charge is 2.15. The molecule has 18 heavy (non-hydrogen) atoms. The van der Waals surface area contributed by atoms with E-state index in [9.17, 15) is 4.79 Å². The van der Waals surface area contributed by atoms with Gasteiger partial charge in [0, 0.05) is 19.5 Å². The number of nitrogens with zero attached hydrogens (tertiary/aromatic N) is 1. The molecule has 0 aliphatic carbocycles. The Morgan fingerprint density at radius 1 is 1.11 bits per heavy atom. The summed E-state index contributed by atoms with van der Waals surface area (Å²) in [6.07, 6.45) is 5.00. The van der Waals surface area contributed by atoms with Crippen LogP contribution in [-0.2, 0) is 4.79 Å². The summed E-state index contributed by atoms with van der Waals surface area (Å²) in [5.41, 5.74) is 0. The van der Waals surface area contributed by atoms with Crippen molar-refractivity contribution >= 4 is 5.91 Å². The van der Waals surface area contributed by atoms with Crippen molar-refractivity contribution in [3.05, 3.63) is 30.3 Å². The van der Waals surface area contributed by atoms with Crippen molar-refractivity contribution in [1.82, 2.24) is 4.90 Å². The topological polar surface area (TPSA) is 29.5 Å². The number of hydrogen-bond donors (Lipinski definition) is 0. The first kappa shape index (κ1) is 12.9. The molecule has 3 heteroatoms. The molecule has 0 atom stereocenters. The van der Waals surface area contributed by atoms with Gasteiger partial charge < -0.3 is 9.64 Å². The minimum Gasteiger partial charge on any atom is -0.494 e. The number of carbonyl (C=O) groups is 1. The minimum atomic E-state index is 0.312. The molecule has 2 rings (SSSR count). The van der Waals surface area contributed by atoms with Gasteiger partial charge >= 0.3 is 0 Å². The van der Waals surface area contributed by atoms with Crippen molar-refractivity contribution < 1.29 is 9.53 Å². The summed E-state index contributed by atoms with van der Waals surface area (Å²) >= 11 is 0. The highest BCUT2D eigenvalue weighted by molar-refractivity contribution is 5.76. The third-order valence-electron chi connectivity index (χ3n) is 3.26. The van der Waals surface area contributed by atoms with Crippen LogP contribution in [-0.4, -0.2) is 30.5 Å². The zero-order valence-corrected chi connectivity index (χ0v) is 10.8. The lowest BCUT2D eigenvalue weighted by Crippen LogP contribution is -2.31. The zero-order chi connectivity index (χ0) is 12.6. The van der Waals surface area contributed by atoms with Gasteiger partial charge in [-0.1, -0.05) is 24.6 Å². The van der Waals surface area contributed by atoms with Crippen LogP contribution in [0.2, 0.25) is 0 Å². The SMILES string of the molecule is O=C1CCCCCN1CCCOc1ccccc1. The molecule has 1 aromatic rings. The fourth-order valence-corrected chi connectivity index (χ4v) is 2.24. The lowest BCUT2D eigenvalue weighted by atomic mass is 10.2. The third-order valence-corrected chi connectivity index (χ3v) is 3.26. The third kappa shape index (κ3) is 4.06. The van der Waals surface area contributed by atoms with E-state index >= 15 is 0 Å². The summed E-state index contributed by atoms with van der Waals surface area (Å²) in [7, 11) is 0. The Kier molecular flexibility index (Phi) is 5.06. The second-order valence-corrected chi connectivity index (χ2v) is 4.71. The largest absolute Gasteiger partial charge is 0.494 e. The van der Waals surface area contributed by atoms with E-state index in [0.717, 1.165) is 44.5 Å². The smallest absolute Gasteiger partial charge is 0.222 e. The van der Waals surface area contributed by atoms with Crippen LogP contribution in [0.1, 0.15) is 32.1 Å². The highest BCUT2D eigenvalue weighted by atomic mass is 16.5. The van der Waals surface area contributed by atoms with E-state index in [0.29, 0.717) is 12.5 Å². The molecule has 0 saturated carbocycles. The number of rotatable bonds is 5. The van der Waals surface area contributed by atoms with Crippen molar-refractivity contribution in [2.45, 2.75) is 32.1 Å². The minimum absolute atomic E-state index is 0.312. The van der Waals surface area contributed by atoms with E-state index in [-0.39, 0.29) is 0 Å². The quantitative estimate of drug-likeness (QED) is 0.749. The van der Waals surface area contributed by atoms with Crippen LogP contribution in [0.4, 0.5) is 0 Å². The first-order valence-electron chi connectivity index (χ1n) is 6.82. The molecule has 0 aromatic heterocycles. The Morgan fingerprint density at radius 3 is 2.78 bits per heavy atom. The lowest BCUT2D eigenvalue weighted by molar-refractivity contribution is -0.130. The van der Waals surface area contributed by atoms with Crippen LogP contribution in [0.3, 0.4) is 0 Å². The predicted octanol–water partition coefficient (Wildman–Crippen LogP) is 2.86. The number of carbonyl (C=O) groups excluding carboxylic acids is 1. The van der Waals surface area contributed by atoms with Gasteiger partial charge in [-0.2, -0.15) is 0 Å². The van der Waals surface area contributed by atoms with Crippen molar-refractivity contribution in [3.63, 3.8) is 0 Å². The van der Waals surface area contributed by atoms with Crippen molar-refractivity contribution in [1.29, 1.82) is 0 Å². The molecule has 1 fully saturated rings. The zero-order valence-electron chi connectivity index (χ0n) is 10.8. The molecule has 1 aliphatic heterocycles. The molecule has 3 nitrogen and oxygen atoms in total.